The van der Waals surface area contributed by atoms with Crippen LogP contribution in [0.2, 0.25) is 0 Å². The van der Waals surface area contributed by atoms with Gasteiger partial charge in [0.1, 0.15) is 6.54 Å². The van der Waals surface area contributed by atoms with Crippen molar-refractivity contribution in [3.63, 3.8) is 0 Å². The first-order valence-corrected chi connectivity index (χ1v) is 6.53. The average molecular weight is 266 g/mol. The first-order valence-electron chi connectivity index (χ1n) is 6.53. The molecule has 1 aromatic heterocycles. The van der Waals surface area contributed by atoms with Crippen LogP contribution >= 0.6 is 0 Å². The zero-order valence-electron chi connectivity index (χ0n) is 12.3. The van der Waals surface area contributed by atoms with E-state index in [1.54, 1.807) is 4.90 Å². The molecule has 0 aliphatic heterocycles. The van der Waals surface area contributed by atoms with Crippen LogP contribution in [0.4, 0.5) is 5.82 Å². The summed E-state index contributed by atoms with van der Waals surface area (Å²) in [6, 6.07) is 10.3. The number of nitrogens with zero attached hydrogens (tertiary/aromatic N) is 4. The van der Waals surface area contributed by atoms with E-state index in [4.69, 9.17) is 5.26 Å². The largest absolute Gasteiger partial charge is 0.345 e. The highest BCUT2D eigenvalue weighted by atomic mass is 15.2. The Morgan fingerprint density at radius 2 is 1.75 bits per heavy atom. The topological polar surface area (TPSA) is 52.8 Å². The molecule has 1 aromatic carbocycles. The Balaban J connectivity index is 2.36. The van der Waals surface area contributed by atoms with Gasteiger partial charge < -0.3 is 4.90 Å². The highest BCUT2D eigenvalue weighted by Crippen LogP contribution is 2.25. The third-order valence-electron chi connectivity index (χ3n) is 3.47. The quantitative estimate of drug-likeness (QED) is 0.801. The molecule has 0 amide bonds. The lowest BCUT2D eigenvalue weighted by atomic mass is 9.99. The van der Waals surface area contributed by atoms with Gasteiger partial charge in [-0.25, -0.2) is 0 Å². The molecule has 0 aliphatic rings. The summed E-state index contributed by atoms with van der Waals surface area (Å²) < 4.78 is 0. The number of hydrogen-bond acceptors (Lipinski definition) is 4. The van der Waals surface area contributed by atoms with Crippen LogP contribution in [0.25, 0.3) is 11.3 Å². The number of hydrogen-bond donors (Lipinski definition) is 0. The van der Waals surface area contributed by atoms with Crippen molar-refractivity contribution in [3.8, 4) is 17.3 Å². The molecule has 0 N–H and O–H groups in total. The molecule has 0 bridgehead atoms. The smallest absolute Gasteiger partial charge is 0.151 e. The molecule has 0 saturated carbocycles. The third-order valence-corrected chi connectivity index (χ3v) is 3.47. The molecule has 0 radical (unpaired) electrons. The Hall–Kier alpha value is -2.41. The summed E-state index contributed by atoms with van der Waals surface area (Å²) in [4.78, 5) is 1.77. The van der Waals surface area contributed by atoms with E-state index < -0.39 is 0 Å². The van der Waals surface area contributed by atoms with Crippen molar-refractivity contribution in [2.24, 2.45) is 0 Å². The van der Waals surface area contributed by atoms with Gasteiger partial charge >= 0.3 is 0 Å². The molecule has 1 heterocycles. The molecule has 0 atom stereocenters. The van der Waals surface area contributed by atoms with Crippen molar-refractivity contribution >= 4 is 5.82 Å². The highest BCUT2D eigenvalue weighted by molar-refractivity contribution is 5.65. The number of benzene rings is 1. The summed E-state index contributed by atoms with van der Waals surface area (Å²) in [6.45, 7) is 6.59. The molecule has 4 nitrogen and oxygen atoms in total. The maximum absolute atomic E-state index is 8.68. The van der Waals surface area contributed by atoms with Crippen molar-refractivity contribution < 1.29 is 0 Å². The van der Waals surface area contributed by atoms with Crippen LogP contribution in [0, 0.1) is 32.1 Å². The van der Waals surface area contributed by atoms with Gasteiger partial charge in [0.25, 0.3) is 0 Å². The van der Waals surface area contributed by atoms with Gasteiger partial charge in [-0.05, 0) is 55.7 Å². The Kier molecular flexibility index (Phi) is 3.99. The lowest BCUT2D eigenvalue weighted by molar-refractivity contribution is 0.934. The molecular weight excluding hydrogens is 248 g/mol. The highest BCUT2D eigenvalue weighted by Gasteiger charge is 2.08. The fourth-order valence-corrected chi connectivity index (χ4v) is 2.10. The van der Waals surface area contributed by atoms with E-state index in [9.17, 15) is 0 Å². The molecule has 102 valence electrons. The Labute approximate surface area is 119 Å². The lowest BCUT2D eigenvalue weighted by Gasteiger charge is -2.14. The molecule has 0 spiro atoms. The van der Waals surface area contributed by atoms with Crippen LogP contribution in [0.5, 0.6) is 0 Å². The number of rotatable bonds is 3. The SMILES string of the molecule is Cc1cc(C)c(-c2ccc(N(C)CC#N)nn2)cc1C. The summed E-state index contributed by atoms with van der Waals surface area (Å²) in [7, 11) is 1.83. The molecule has 0 fully saturated rings. The monoisotopic (exact) mass is 266 g/mol. The van der Waals surface area contributed by atoms with E-state index in [0.717, 1.165) is 11.3 Å². The van der Waals surface area contributed by atoms with Crippen molar-refractivity contribution in [1.29, 1.82) is 5.26 Å². The molecule has 2 aromatic rings. The van der Waals surface area contributed by atoms with Gasteiger partial charge in [0.05, 0.1) is 11.8 Å². The summed E-state index contributed by atoms with van der Waals surface area (Å²) in [5, 5.41) is 17.2. The molecular formula is C16H18N4. The summed E-state index contributed by atoms with van der Waals surface area (Å²) >= 11 is 0. The maximum Gasteiger partial charge on any atom is 0.151 e. The predicted octanol–water partition coefficient (Wildman–Crippen LogP) is 3.03. The Morgan fingerprint density at radius 1 is 1.05 bits per heavy atom. The van der Waals surface area contributed by atoms with Crippen molar-refractivity contribution in [1.82, 2.24) is 10.2 Å². The number of aromatic nitrogens is 2. The first-order chi connectivity index (χ1) is 9.52. The third kappa shape index (κ3) is 2.77. The summed E-state index contributed by atoms with van der Waals surface area (Å²) in [6.07, 6.45) is 0. The lowest BCUT2D eigenvalue weighted by Crippen LogP contribution is -2.18. The standard InChI is InChI=1S/C16H18N4/c1-11-9-13(3)14(10-12(11)2)15-5-6-16(19-18-15)20(4)8-7-17/h5-6,9-10H,8H2,1-4H3. The van der Waals surface area contributed by atoms with Crippen LogP contribution in [-0.4, -0.2) is 23.8 Å². The fraction of sp³-hybridized carbons (Fsp3) is 0.312. The average Bonchev–Trinajstić information content (AvgIpc) is 2.43. The van der Waals surface area contributed by atoms with Crippen LogP contribution < -0.4 is 4.90 Å². The molecule has 0 aliphatic carbocycles. The van der Waals surface area contributed by atoms with Crippen molar-refractivity contribution in [3.05, 3.63) is 41.0 Å². The maximum atomic E-state index is 8.68. The number of aryl methyl sites for hydroxylation is 3. The van der Waals surface area contributed by atoms with E-state index >= 15 is 0 Å². The molecule has 2 rings (SSSR count). The van der Waals surface area contributed by atoms with Crippen LogP contribution in [-0.2, 0) is 0 Å². The van der Waals surface area contributed by atoms with E-state index in [0.29, 0.717) is 12.4 Å². The van der Waals surface area contributed by atoms with Crippen LogP contribution in [0.1, 0.15) is 16.7 Å². The van der Waals surface area contributed by atoms with Gasteiger partial charge in [0.2, 0.25) is 0 Å². The number of nitriles is 1. The minimum atomic E-state index is 0.302. The van der Waals surface area contributed by atoms with Gasteiger partial charge in [0.15, 0.2) is 5.82 Å². The zero-order valence-corrected chi connectivity index (χ0v) is 12.3. The zero-order chi connectivity index (χ0) is 14.7. The van der Waals surface area contributed by atoms with Gasteiger partial charge in [-0.15, -0.1) is 10.2 Å². The second kappa shape index (κ2) is 5.70. The van der Waals surface area contributed by atoms with E-state index in [2.05, 4.69) is 49.2 Å². The van der Waals surface area contributed by atoms with Crippen molar-refractivity contribution in [2.75, 3.05) is 18.5 Å². The molecule has 4 heteroatoms. The van der Waals surface area contributed by atoms with Crippen LogP contribution in [0.3, 0.4) is 0 Å². The van der Waals surface area contributed by atoms with Crippen LogP contribution in [0.15, 0.2) is 24.3 Å². The van der Waals surface area contributed by atoms with E-state index in [1.165, 1.54) is 16.7 Å². The summed E-state index contributed by atoms with van der Waals surface area (Å²) in [5.41, 5.74) is 5.69. The minimum Gasteiger partial charge on any atom is -0.345 e. The van der Waals surface area contributed by atoms with Crippen molar-refractivity contribution in [2.45, 2.75) is 20.8 Å². The van der Waals surface area contributed by atoms with Gasteiger partial charge in [-0.1, -0.05) is 6.07 Å². The first kappa shape index (κ1) is 14.0. The van der Waals surface area contributed by atoms with E-state index in [1.807, 2.05) is 19.2 Å². The molecule has 0 saturated heterocycles. The van der Waals surface area contributed by atoms with E-state index in [-0.39, 0.29) is 0 Å². The number of anilines is 1. The van der Waals surface area contributed by atoms with Gasteiger partial charge in [-0.2, -0.15) is 5.26 Å². The van der Waals surface area contributed by atoms with Gasteiger partial charge in [-0.3, -0.25) is 0 Å². The fourth-order valence-electron chi connectivity index (χ4n) is 2.10. The predicted molar refractivity (Wildman–Crippen MR) is 80.6 cm³/mol. The second-order valence-corrected chi connectivity index (χ2v) is 5.04. The molecule has 0 unspecified atom stereocenters. The Morgan fingerprint density at radius 3 is 2.35 bits per heavy atom. The normalized spacial score (nSPS) is 10.2. The minimum absolute atomic E-state index is 0.302. The molecule has 20 heavy (non-hydrogen) atoms. The van der Waals surface area contributed by atoms with Gasteiger partial charge in [0, 0.05) is 12.6 Å². The summed E-state index contributed by atoms with van der Waals surface area (Å²) in [5.74, 6) is 0.705. The Bertz CT molecular complexity index is 653. The second-order valence-electron chi connectivity index (χ2n) is 5.04.